The average molecular weight is 257 g/mol. The molecule has 2 N–H and O–H groups in total. The summed E-state index contributed by atoms with van der Waals surface area (Å²) in [6.07, 6.45) is 4.78. The Labute approximate surface area is 112 Å². The number of nitrogens with zero attached hydrogens (tertiary/aromatic N) is 4. The van der Waals surface area contributed by atoms with E-state index >= 15 is 0 Å². The summed E-state index contributed by atoms with van der Waals surface area (Å²) >= 11 is 0. The molecule has 1 fully saturated rings. The molecule has 0 saturated heterocycles. The highest BCUT2D eigenvalue weighted by atomic mass is 15.5. The molecule has 5 nitrogen and oxygen atoms in total. The molecule has 1 aliphatic rings. The molecule has 0 atom stereocenters. The van der Waals surface area contributed by atoms with Crippen LogP contribution in [0.25, 0.3) is 11.4 Å². The van der Waals surface area contributed by atoms with Gasteiger partial charge in [0.05, 0.1) is 6.04 Å². The molecule has 100 valence electrons. The summed E-state index contributed by atoms with van der Waals surface area (Å²) < 4.78 is 1.96. The van der Waals surface area contributed by atoms with Crippen LogP contribution in [-0.2, 0) is 0 Å². The lowest BCUT2D eigenvalue weighted by molar-refractivity contribution is 0.272. The van der Waals surface area contributed by atoms with Crippen molar-refractivity contribution in [2.45, 2.75) is 38.6 Å². The largest absolute Gasteiger partial charge is 0.398 e. The number of anilines is 1. The minimum Gasteiger partial charge on any atom is -0.398 e. The molecule has 3 rings (SSSR count). The summed E-state index contributed by atoms with van der Waals surface area (Å²) in [5, 5.41) is 12.2. The summed E-state index contributed by atoms with van der Waals surface area (Å²) in [5.41, 5.74) is 7.67. The zero-order chi connectivity index (χ0) is 13.2. The van der Waals surface area contributed by atoms with E-state index < -0.39 is 0 Å². The summed E-state index contributed by atoms with van der Waals surface area (Å²) in [4.78, 5) is 0. The van der Waals surface area contributed by atoms with Gasteiger partial charge in [-0.25, -0.2) is 4.68 Å². The van der Waals surface area contributed by atoms with E-state index in [9.17, 15) is 0 Å². The minimum absolute atomic E-state index is 0.404. The Morgan fingerprint density at radius 2 is 1.89 bits per heavy atom. The molecule has 1 aliphatic carbocycles. The lowest BCUT2D eigenvalue weighted by Gasteiger charge is -2.26. The molecule has 0 bridgehead atoms. The quantitative estimate of drug-likeness (QED) is 0.840. The van der Waals surface area contributed by atoms with Gasteiger partial charge in [0.1, 0.15) is 0 Å². The van der Waals surface area contributed by atoms with Crippen molar-refractivity contribution in [2.75, 3.05) is 5.73 Å². The smallest absolute Gasteiger partial charge is 0.184 e. The fourth-order valence-corrected chi connectivity index (χ4v) is 2.80. The molecule has 1 aromatic carbocycles. The number of rotatable bonds is 2. The Kier molecular flexibility index (Phi) is 3.19. The maximum atomic E-state index is 6.02. The van der Waals surface area contributed by atoms with E-state index in [1.807, 2.05) is 28.9 Å². The first-order valence-electron chi connectivity index (χ1n) is 6.88. The maximum absolute atomic E-state index is 6.02. The van der Waals surface area contributed by atoms with Gasteiger partial charge in [0.2, 0.25) is 0 Å². The predicted octanol–water partition coefficient (Wildman–Crippen LogP) is 2.67. The summed E-state index contributed by atoms with van der Waals surface area (Å²) in [6, 6.07) is 8.16. The third-order valence-electron chi connectivity index (χ3n) is 4.03. The van der Waals surface area contributed by atoms with Crippen LogP contribution in [0.5, 0.6) is 0 Å². The van der Waals surface area contributed by atoms with Crippen molar-refractivity contribution in [2.24, 2.45) is 5.92 Å². The third kappa shape index (κ3) is 2.32. The average Bonchev–Trinajstić information content (AvgIpc) is 2.89. The normalized spacial score (nSPS) is 23.4. The van der Waals surface area contributed by atoms with Crippen LogP contribution in [0.15, 0.2) is 24.3 Å². The highest BCUT2D eigenvalue weighted by Gasteiger charge is 2.24. The van der Waals surface area contributed by atoms with E-state index in [0.717, 1.165) is 35.8 Å². The Morgan fingerprint density at radius 3 is 2.63 bits per heavy atom. The summed E-state index contributed by atoms with van der Waals surface area (Å²) in [5.74, 6) is 1.61. The Bertz CT molecular complexity index is 554. The predicted molar refractivity (Wildman–Crippen MR) is 74.3 cm³/mol. The molecule has 0 aliphatic heterocycles. The molecule has 0 amide bonds. The van der Waals surface area contributed by atoms with Crippen LogP contribution in [0.1, 0.15) is 38.6 Å². The van der Waals surface area contributed by atoms with Crippen molar-refractivity contribution in [1.82, 2.24) is 20.2 Å². The summed E-state index contributed by atoms with van der Waals surface area (Å²) in [6.45, 7) is 2.31. The lowest BCUT2D eigenvalue weighted by atomic mass is 9.87. The van der Waals surface area contributed by atoms with Gasteiger partial charge in [-0.3, -0.25) is 0 Å². The van der Waals surface area contributed by atoms with Gasteiger partial charge in [-0.05, 0) is 54.2 Å². The van der Waals surface area contributed by atoms with E-state index in [4.69, 9.17) is 5.73 Å². The summed E-state index contributed by atoms with van der Waals surface area (Å²) in [7, 11) is 0. The molecular formula is C14H19N5. The standard InChI is InChI=1S/C14H19N5/c1-10-6-8-11(9-7-10)19-14(16-17-18-19)12-4-2-3-5-13(12)15/h2-5,10-11H,6-9,15H2,1H3. The first-order valence-corrected chi connectivity index (χ1v) is 6.88. The molecular weight excluding hydrogens is 238 g/mol. The Hall–Kier alpha value is -1.91. The topological polar surface area (TPSA) is 69.6 Å². The first kappa shape index (κ1) is 12.1. The van der Waals surface area contributed by atoms with Gasteiger partial charge in [0.25, 0.3) is 0 Å². The van der Waals surface area contributed by atoms with Crippen LogP contribution in [0.3, 0.4) is 0 Å². The van der Waals surface area contributed by atoms with Crippen LogP contribution >= 0.6 is 0 Å². The first-order chi connectivity index (χ1) is 9.25. The second-order valence-corrected chi connectivity index (χ2v) is 5.45. The number of nitrogens with two attached hydrogens (primary N) is 1. The number of tetrazole rings is 1. The highest BCUT2D eigenvalue weighted by molar-refractivity contribution is 5.71. The van der Waals surface area contributed by atoms with Crippen LogP contribution < -0.4 is 5.73 Å². The van der Waals surface area contributed by atoms with E-state index in [-0.39, 0.29) is 0 Å². The molecule has 1 aromatic heterocycles. The second kappa shape index (κ2) is 4.99. The number of benzene rings is 1. The van der Waals surface area contributed by atoms with E-state index in [2.05, 4.69) is 22.4 Å². The molecule has 5 heteroatoms. The monoisotopic (exact) mass is 257 g/mol. The SMILES string of the molecule is CC1CCC(n2nnnc2-c2ccccc2N)CC1. The number of nitrogen functional groups attached to an aromatic ring is 1. The van der Waals surface area contributed by atoms with Crippen LogP contribution in [0, 0.1) is 5.92 Å². The molecule has 0 radical (unpaired) electrons. The van der Waals surface area contributed by atoms with E-state index in [0.29, 0.717) is 6.04 Å². The number of para-hydroxylation sites is 1. The fraction of sp³-hybridized carbons (Fsp3) is 0.500. The molecule has 2 aromatic rings. The molecule has 19 heavy (non-hydrogen) atoms. The molecule has 0 spiro atoms. The van der Waals surface area contributed by atoms with Crippen molar-refractivity contribution in [3.63, 3.8) is 0 Å². The highest BCUT2D eigenvalue weighted by Crippen LogP contribution is 2.34. The number of hydrogen-bond donors (Lipinski definition) is 1. The molecule has 1 saturated carbocycles. The number of hydrogen-bond acceptors (Lipinski definition) is 4. The van der Waals surface area contributed by atoms with Crippen LogP contribution in [0.4, 0.5) is 5.69 Å². The van der Waals surface area contributed by atoms with E-state index in [1.54, 1.807) is 0 Å². The van der Waals surface area contributed by atoms with E-state index in [1.165, 1.54) is 12.8 Å². The molecule has 0 unspecified atom stereocenters. The second-order valence-electron chi connectivity index (χ2n) is 5.45. The minimum atomic E-state index is 0.404. The number of aromatic nitrogens is 4. The Balaban J connectivity index is 1.93. The third-order valence-corrected chi connectivity index (χ3v) is 4.03. The zero-order valence-electron chi connectivity index (χ0n) is 11.2. The lowest BCUT2D eigenvalue weighted by Crippen LogP contribution is -2.19. The Morgan fingerprint density at radius 1 is 1.16 bits per heavy atom. The molecule has 1 heterocycles. The van der Waals surface area contributed by atoms with Crippen molar-refractivity contribution < 1.29 is 0 Å². The van der Waals surface area contributed by atoms with Crippen molar-refractivity contribution >= 4 is 5.69 Å². The van der Waals surface area contributed by atoms with Crippen molar-refractivity contribution in [3.05, 3.63) is 24.3 Å². The van der Waals surface area contributed by atoms with Crippen LogP contribution in [0.2, 0.25) is 0 Å². The van der Waals surface area contributed by atoms with Crippen molar-refractivity contribution in [3.8, 4) is 11.4 Å². The van der Waals surface area contributed by atoms with Gasteiger partial charge in [-0.15, -0.1) is 5.10 Å². The zero-order valence-corrected chi connectivity index (χ0v) is 11.2. The van der Waals surface area contributed by atoms with Gasteiger partial charge in [-0.1, -0.05) is 19.1 Å². The van der Waals surface area contributed by atoms with Crippen molar-refractivity contribution in [1.29, 1.82) is 0 Å². The van der Waals surface area contributed by atoms with Gasteiger partial charge < -0.3 is 5.73 Å². The fourth-order valence-electron chi connectivity index (χ4n) is 2.80. The maximum Gasteiger partial charge on any atom is 0.184 e. The van der Waals surface area contributed by atoms with Crippen LogP contribution in [-0.4, -0.2) is 20.2 Å². The van der Waals surface area contributed by atoms with Gasteiger partial charge in [0, 0.05) is 11.3 Å². The van der Waals surface area contributed by atoms with Gasteiger partial charge >= 0.3 is 0 Å². The van der Waals surface area contributed by atoms with Gasteiger partial charge in [-0.2, -0.15) is 0 Å². The van der Waals surface area contributed by atoms with Gasteiger partial charge in [0.15, 0.2) is 5.82 Å².